The maximum absolute atomic E-state index is 14.0. The number of carbonyl (C=O) groups is 3. The zero-order valence-corrected chi connectivity index (χ0v) is 23.2. The van der Waals surface area contributed by atoms with E-state index >= 15 is 0 Å². The van der Waals surface area contributed by atoms with Crippen molar-refractivity contribution in [3.05, 3.63) is 36.2 Å². The summed E-state index contributed by atoms with van der Waals surface area (Å²) in [6.45, 7) is 9.76. The van der Waals surface area contributed by atoms with Crippen LogP contribution < -0.4 is 10.6 Å². The van der Waals surface area contributed by atoms with Crippen molar-refractivity contribution < 1.29 is 23.2 Å². The maximum Gasteiger partial charge on any atom is 0.249 e. The average molecular weight is 553 g/mol. The Morgan fingerprint density at radius 2 is 1.80 bits per heavy atom. The lowest BCUT2D eigenvalue weighted by atomic mass is 9.79. The molecule has 1 aliphatic heterocycles. The minimum atomic E-state index is -2.86. The average Bonchev–Trinajstić information content (AvgIpc) is 3.20. The molecule has 2 heterocycles. The number of rotatable bonds is 6. The van der Waals surface area contributed by atoms with Gasteiger partial charge in [-0.2, -0.15) is 15.5 Å². The summed E-state index contributed by atoms with van der Waals surface area (Å²) in [5.41, 5.74) is -0.609. The largest absolute Gasteiger partial charge is 0.344 e. The zero-order valence-electron chi connectivity index (χ0n) is 23.2. The number of amides is 3. The van der Waals surface area contributed by atoms with Gasteiger partial charge in [0.05, 0.1) is 12.3 Å². The molecule has 11 heteroatoms. The van der Waals surface area contributed by atoms with E-state index in [4.69, 9.17) is 0 Å². The van der Waals surface area contributed by atoms with Crippen LogP contribution in [0.2, 0.25) is 0 Å². The SMILES string of the molecule is CC(C)(C)[C@H](NC(=O)C1CC(F)(F)C1)C(=O)N1C[C@H]2[C@@H]([C@H]1C(=O)NC(C#N)c1nncc3ccccc13)C2(C)C. The molecule has 2 aromatic rings. The molecular weight excluding hydrogens is 518 g/mol. The van der Waals surface area contributed by atoms with Crippen molar-refractivity contribution in [2.24, 2.45) is 28.6 Å². The van der Waals surface area contributed by atoms with Gasteiger partial charge in [0, 0.05) is 36.1 Å². The first kappa shape index (κ1) is 27.9. The normalized spacial score (nSPS) is 26.1. The quantitative estimate of drug-likeness (QED) is 0.566. The van der Waals surface area contributed by atoms with E-state index < -0.39 is 65.9 Å². The molecule has 1 unspecified atom stereocenters. The van der Waals surface area contributed by atoms with Crippen molar-refractivity contribution in [2.45, 2.75) is 71.5 Å². The lowest BCUT2D eigenvalue weighted by molar-refractivity contribution is -0.155. The van der Waals surface area contributed by atoms with Crippen molar-refractivity contribution in [1.29, 1.82) is 5.26 Å². The number of fused-ring (bicyclic) bond motifs is 2. The van der Waals surface area contributed by atoms with E-state index in [1.165, 1.54) is 4.90 Å². The second-order valence-electron chi connectivity index (χ2n) is 13.0. The topological polar surface area (TPSA) is 128 Å². The summed E-state index contributed by atoms with van der Waals surface area (Å²) < 4.78 is 26.8. The van der Waals surface area contributed by atoms with E-state index in [-0.39, 0.29) is 17.3 Å². The first-order valence-electron chi connectivity index (χ1n) is 13.5. The Kier molecular flexibility index (Phi) is 6.59. The third-order valence-corrected chi connectivity index (χ3v) is 8.91. The Morgan fingerprint density at radius 3 is 2.42 bits per heavy atom. The molecule has 3 amide bonds. The van der Waals surface area contributed by atoms with Crippen LogP contribution in [0.1, 0.15) is 59.2 Å². The molecular formula is C29H34F2N6O3. The maximum atomic E-state index is 14.0. The number of hydrogen-bond acceptors (Lipinski definition) is 6. The Labute approximate surface area is 231 Å². The van der Waals surface area contributed by atoms with Crippen LogP contribution in [0.15, 0.2) is 30.5 Å². The van der Waals surface area contributed by atoms with Crippen LogP contribution in [-0.2, 0) is 14.4 Å². The molecule has 212 valence electrons. The number of aromatic nitrogens is 2. The van der Waals surface area contributed by atoms with Gasteiger partial charge in [-0.3, -0.25) is 14.4 Å². The number of hydrogen-bond donors (Lipinski definition) is 2. The summed E-state index contributed by atoms with van der Waals surface area (Å²) in [6, 6.07) is 6.43. The highest BCUT2D eigenvalue weighted by molar-refractivity contribution is 5.95. The molecule has 0 spiro atoms. The molecule has 0 radical (unpaired) electrons. The Morgan fingerprint density at radius 1 is 1.12 bits per heavy atom. The van der Waals surface area contributed by atoms with Gasteiger partial charge in [-0.05, 0) is 22.7 Å². The van der Waals surface area contributed by atoms with Crippen molar-refractivity contribution >= 4 is 28.5 Å². The van der Waals surface area contributed by atoms with Gasteiger partial charge >= 0.3 is 0 Å². The third kappa shape index (κ3) is 4.78. The Balaban J connectivity index is 1.39. The van der Waals surface area contributed by atoms with E-state index in [1.807, 2.05) is 32.0 Å². The van der Waals surface area contributed by atoms with Gasteiger partial charge in [0.2, 0.25) is 23.6 Å². The summed E-state index contributed by atoms with van der Waals surface area (Å²) in [7, 11) is 0. The minimum Gasteiger partial charge on any atom is -0.344 e. The van der Waals surface area contributed by atoms with Gasteiger partial charge in [0.25, 0.3) is 0 Å². The minimum absolute atomic E-state index is 0.0757. The van der Waals surface area contributed by atoms with Crippen molar-refractivity contribution in [3.63, 3.8) is 0 Å². The molecule has 0 bridgehead atoms. The summed E-state index contributed by atoms with van der Waals surface area (Å²) in [5, 5.41) is 25.1. The lowest BCUT2D eigenvalue weighted by Gasteiger charge is -2.40. The number of piperidine rings is 1. The molecule has 1 aromatic carbocycles. The predicted molar refractivity (Wildman–Crippen MR) is 141 cm³/mol. The molecule has 3 fully saturated rings. The van der Waals surface area contributed by atoms with Crippen molar-refractivity contribution in [2.75, 3.05) is 6.54 Å². The summed E-state index contributed by atoms with van der Waals surface area (Å²) in [4.78, 5) is 42.1. The van der Waals surface area contributed by atoms with Gasteiger partial charge < -0.3 is 15.5 Å². The van der Waals surface area contributed by atoms with Gasteiger partial charge in [0.1, 0.15) is 17.8 Å². The number of halogens is 2. The zero-order chi connectivity index (χ0) is 29.2. The third-order valence-electron chi connectivity index (χ3n) is 8.91. The van der Waals surface area contributed by atoms with Crippen LogP contribution in [0.4, 0.5) is 8.78 Å². The highest BCUT2D eigenvalue weighted by Crippen LogP contribution is 2.65. The van der Waals surface area contributed by atoms with Crippen molar-refractivity contribution in [1.82, 2.24) is 25.7 Å². The fraction of sp³-hybridized carbons (Fsp3) is 0.586. The highest BCUT2D eigenvalue weighted by atomic mass is 19.3. The fourth-order valence-corrected chi connectivity index (χ4v) is 6.39. The van der Waals surface area contributed by atoms with Gasteiger partial charge in [-0.15, -0.1) is 0 Å². The van der Waals surface area contributed by atoms with Crippen LogP contribution in [0, 0.1) is 39.9 Å². The number of nitriles is 1. The van der Waals surface area contributed by atoms with Crippen LogP contribution in [0.25, 0.3) is 10.8 Å². The van der Waals surface area contributed by atoms with Crippen LogP contribution in [-0.4, -0.2) is 57.4 Å². The number of nitrogens with zero attached hydrogens (tertiary/aromatic N) is 4. The van der Waals surface area contributed by atoms with E-state index in [1.54, 1.807) is 33.0 Å². The fourth-order valence-electron chi connectivity index (χ4n) is 6.39. The second-order valence-corrected chi connectivity index (χ2v) is 13.0. The van der Waals surface area contributed by atoms with Crippen LogP contribution in [0.3, 0.4) is 0 Å². The number of alkyl halides is 2. The van der Waals surface area contributed by atoms with Gasteiger partial charge in [0.15, 0.2) is 6.04 Å². The smallest absolute Gasteiger partial charge is 0.249 e. The number of carbonyl (C=O) groups excluding carboxylic acids is 3. The first-order valence-corrected chi connectivity index (χ1v) is 13.5. The molecule has 3 aliphatic rings. The number of likely N-dealkylation sites (tertiary alicyclic amines) is 1. The van der Waals surface area contributed by atoms with Gasteiger partial charge in [-0.25, -0.2) is 8.78 Å². The van der Waals surface area contributed by atoms with Crippen LogP contribution in [0.5, 0.6) is 0 Å². The highest BCUT2D eigenvalue weighted by Gasteiger charge is 2.70. The first-order chi connectivity index (χ1) is 18.7. The monoisotopic (exact) mass is 552 g/mol. The number of nitrogens with one attached hydrogen (secondary N) is 2. The molecule has 2 aliphatic carbocycles. The van der Waals surface area contributed by atoms with Gasteiger partial charge in [-0.1, -0.05) is 58.9 Å². The molecule has 2 saturated carbocycles. The molecule has 1 aromatic heterocycles. The number of benzene rings is 1. The summed E-state index contributed by atoms with van der Waals surface area (Å²) in [5.74, 6) is -5.26. The summed E-state index contributed by atoms with van der Waals surface area (Å²) >= 11 is 0. The second kappa shape index (κ2) is 9.46. The van der Waals surface area contributed by atoms with E-state index in [2.05, 4.69) is 26.9 Å². The summed E-state index contributed by atoms with van der Waals surface area (Å²) in [6.07, 6.45) is 0.503. The lowest BCUT2D eigenvalue weighted by Crippen LogP contribution is -2.60. The standard InChI is InChI=1S/C29H34F2N6O3/c1-27(2,3)23(35-24(38)16-10-29(30,31)11-16)26(40)37-14-18-20(28(18,4)5)22(37)25(39)34-19(12-32)21-17-9-7-6-8-15(17)13-33-36-21/h6-9,13,16,18-20,22-23H,10-11,14H2,1-5H3,(H,34,39)(H,35,38)/t18-,19?,20-,22-,23+/m0/s1. The molecule has 2 N–H and O–H groups in total. The van der Waals surface area contributed by atoms with E-state index in [0.29, 0.717) is 17.6 Å². The molecule has 9 nitrogen and oxygen atoms in total. The molecule has 40 heavy (non-hydrogen) atoms. The molecule has 1 saturated heterocycles. The van der Waals surface area contributed by atoms with Crippen molar-refractivity contribution in [3.8, 4) is 6.07 Å². The molecule has 5 rings (SSSR count). The predicted octanol–water partition coefficient (Wildman–Crippen LogP) is 3.37. The van der Waals surface area contributed by atoms with E-state index in [9.17, 15) is 28.4 Å². The van der Waals surface area contributed by atoms with Crippen LogP contribution >= 0.6 is 0 Å². The van der Waals surface area contributed by atoms with E-state index in [0.717, 1.165) is 5.39 Å². The molecule has 5 atom stereocenters. The Bertz CT molecular complexity index is 1400. The Hall–Kier alpha value is -3.68.